The third-order valence-corrected chi connectivity index (χ3v) is 8.52. The fourth-order valence-corrected chi connectivity index (χ4v) is 6.17. The minimum Gasteiger partial charge on any atom is -0.497 e. The molecule has 12 heteroatoms. The van der Waals surface area contributed by atoms with Gasteiger partial charge in [-0.3, -0.25) is 14.3 Å². The molecule has 2 aromatic carbocycles. The molecule has 1 saturated heterocycles. The summed E-state index contributed by atoms with van der Waals surface area (Å²) >= 11 is 1.18. The number of benzene rings is 2. The number of anilines is 2. The van der Waals surface area contributed by atoms with Gasteiger partial charge in [0.2, 0.25) is 11.8 Å². The summed E-state index contributed by atoms with van der Waals surface area (Å²) in [7, 11) is -2.17. The number of carbonyl (C=O) groups excluding carboxylic acids is 2. The molecule has 5 rings (SSSR count). The maximum absolute atomic E-state index is 13.3. The van der Waals surface area contributed by atoms with Gasteiger partial charge in [0, 0.05) is 48.9 Å². The number of rotatable bonds is 7. The van der Waals surface area contributed by atoms with Crippen molar-refractivity contribution in [3.63, 3.8) is 0 Å². The molecule has 1 atom stereocenters. The SMILES string of the molecule is COc1ccc2c(ccn2C(C)C(=O)N2CCN(c3ccc(S(=O)(=O)Nc4nccs4)cc3)C(=O)C2)c1.[HH]. The number of methoxy groups -OCH3 is 1. The zero-order valence-corrected chi connectivity index (χ0v) is 21.8. The number of ether oxygens (including phenoxy) is 1. The van der Waals surface area contributed by atoms with Crippen molar-refractivity contribution in [2.75, 3.05) is 36.4 Å². The molecule has 194 valence electrons. The summed E-state index contributed by atoms with van der Waals surface area (Å²) in [4.78, 5) is 33.4. The first-order chi connectivity index (χ1) is 17.8. The van der Waals surface area contributed by atoms with Crippen LogP contribution in [0.2, 0.25) is 0 Å². The predicted molar refractivity (Wildman–Crippen MR) is 144 cm³/mol. The van der Waals surface area contributed by atoms with Crippen LogP contribution in [-0.4, -0.2) is 61.4 Å². The Bertz CT molecular complexity index is 1550. The highest BCUT2D eigenvalue weighted by Crippen LogP contribution is 2.27. The molecule has 1 unspecified atom stereocenters. The van der Waals surface area contributed by atoms with E-state index in [2.05, 4.69) is 9.71 Å². The van der Waals surface area contributed by atoms with Gasteiger partial charge < -0.3 is 19.1 Å². The molecule has 37 heavy (non-hydrogen) atoms. The summed E-state index contributed by atoms with van der Waals surface area (Å²) in [6.45, 7) is 2.45. The molecule has 10 nitrogen and oxygen atoms in total. The number of carbonyl (C=O) groups is 2. The molecular weight excluding hydrogens is 514 g/mol. The number of fused-ring (bicyclic) bond motifs is 1. The highest BCUT2D eigenvalue weighted by Gasteiger charge is 2.31. The first kappa shape index (κ1) is 24.8. The fourth-order valence-electron chi connectivity index (χ4n) is 4.38. The lowest BCUT2D eigenvalue weighted by atomic mass is 10.2. The average Bonchev–Trinajstić information content (AvgIpc) is 3.57. The number of hydrogen-bond donors (Lipinski definition) is 1. The Morgan fingerprint density at radius 3 is 2.62 bits per heavy atom. The van der Waals surface area contributed by atoms with Crippen molar-refractivity contribution in [1.29, 1.82) is 0 Å². The summed E-state index contributed by atoms with van der Waals surface area (Å²) in [5, 5.41) is 2.92. The normalized spacial score (nSPS) is 15.1. The second-order valence-corrected chi connectivity index (χ2v) is 11.1. The number of sulfonamides is 1. The van der Waals surface area contributed by atoms with Crippen molar-refractivity contribution in [2.24, 2.45) is 0 Å². The lowest BCUT2D eigenvalue weighted by Crippen LogP contribution is -2.53. The third kappa shape index (κ3) is 4.89. The summed E-state index contributed by atoms with van der Waals surface area (Å²) < 4.78 is 34.7. The molecular formula is C25H27N5O5S2. The van der Waals surface area contributed by atoms with E-state index in [9.17, 15) is 18.0 Å². The van der Waals surface area contributed by atoms with Gasteiger partial charge in [0.05, 0.1) is 12.0 Å². The van der Waals surface area contributed by atoms with E-state index in [1.807, 2.05) is 42.0 Å². The Balaban J connectivity index is 0.00000336. The third-order valence-electron chi connectivity index (χ3n) is 6.35. The topological polar surface area (TPSA) is 114 Å². The minimum absolute atomic E-state index is 0. The molecule has 2 aromatic heterocycles. The van der Waals surface area contributed by atoms with Crippen LogP contribution in [0.5, 0.6) is 5.75 Å². The maximum Gasteiger partial charge on any atom is 0.263 e. The summed E-state index contributed by atoms with van der Waals surface area (Å²) in [6, 6.07) is 13.2. The summed E-state index contributed by atoms with van der Waals surface area (Å²) in [5.74, 6) is 0.369. The molecule has 1 aliphatic rings. The number of amides is 2. The zero-order valence-electron chi connectivity index (χ0n) is 20.2. The van der Waals surface area contributed by atoms with E-state index >= 15 is 0 Å². The van der Waals surface area contributed by atoms with Crippen molar-refractivity contribution in [2.45, 2.75) is 17.9 Å². The van der Waals surface area contributed by atoms with Crippen LogP contribution >= 0.6 is 11.3 Å². The molecule has 0 bridgehead atoms. The maximum atomic E-state index is 13.3. The van der Waals surface area contributed by atoms with E-state index in [4.69, 9.17) is 4.74 Å². The van der Waals surface area contributed by atoms with Crippen LogP contribution in [0.3, 0.4) is 0 Å². The van der Waals surface area contributed by atoms with E-state index in [0.717, 1.165) is 16.7 Å². The van der Waals surface area contributed by atoms with Gasteiger partial charge in [-0.1, -0.05) is 0 Å². The van der Waals surface area contributed by atoms with Crippen molar-refractivity contribution < 1.29 is 24.2 Å². The summed E-state index contributed by atoms with van der Waals surface area (Å²) in [6.07, 6.45) is 3.38. The molecule has 0 spiro atoms. The Morgan fingerprint density at radius 2 is 1.95 bits per heavy atom. The lowest BCUT2D eigenvalue weighted by Gasteiger charge is -2.35. The molecule has 2 amide bonds. The Kier molecular flexibility index (Phi) is 6.61. The van der Waals surface area contributed by atoms with Crippen LogP contribution in [0.15, 0.2) is 71.2 Å². The Labute approximate surface area is 219 Å². The van der Waals surface area contributed by atoms with Crippen molar-refractivity contribution in [3.8, 4) is 5.75 Å². The van der Waals surface area contributed by atoms with E-state index in [1.165, 1.54) is 29.7 Å². The van der Waals surface area contributed by atoms with Crippen LogP contribution in [-0.2, 0) is 19.6 Å². The molecule has 0 radical (unpaired) electrons. The standard InChI is InChI=1S/C25H25N5O5S2.H2/c1-17(29-11-9-18-15-20(35-2)5-8-22(18)29)24(32)28-12-13-30(23(31)16-28)19-3-6-21(7-4-19)37(33,34)27-25-26-10-14-36-25;/h3-11,14-15,17H,12-13,16H2,1-2H3,(H,26,27);1H. The predicted octanol–water partition coefficient (Wildman–Crippen LogP) is 3.59. The molecule has 1 N–H and O–H groups in total. The lowest BCUT2D eigenvalue weighted by molar-refractivity contribution is -0.139. The summed E-state index contributed by atoms with van der Waals surface area (Å²) in [5.41, 5.74) is 1.48. The van der Waals surface area contributed by atoms with Crippen LogP contribution in [0.1, 0.15) is 14.4 Å². The van der Waals surface area contributed by atoms with Crippen molar-refractivity contribution in [1.82, 2.24) is 14.5 Å². The first-order valence-electron chi connectivity index (χ1n) is 11.5. The van der Waals surface area contributed by atoms with Crippen LogP contribution < -0.4 is 14.4 Å². The molecule has 3 heterocycles. The Hall–Kier alpha value is -3.90. The minimum atomic E-state index is -3.78. The zero-order chi connectivity index (χ0) is 26.2. The molecule has 1 fully saturated rings. The van der Waals surface area contributed by atoms with Crippen LogP contribution in [0.25, 0.3) is 10.9 Å². The average molecular weight is 542 g/mol. The Morgan fingerprint density at radius 1 is 1.16 bits per heavy atom. The van der Waals surface area contributed by atoms with E-state index in [-0.39, 0.29) is 29.8 Å². The smallest absolute Gasteiger partial charge is 0.263 e. The number of aromatic nitrogens is 2. The van der Waals surface area contributed by atoms with E-state index in [0.29, 0.717) is 18.8 Å². The van der Waals surface area contributed by atoms with Crippen LogP contribution in [0, 0.1) is 0 Å². The van der Waals surface area contributed by atoms with Gasteiger partial charge in [-0.05, 0) is 55.5 Å². The monoisotopic (exact) mass is 541 g/mol. The molecule has 1 aliphatic heterocycles. The number of thiazole rings is 1. The quantitative estimate of drug-likeness (QED) is 0.383. The van der Waals surface area contributed by atoms with Gasteiger partial charge >= 0.3 is 0 Å². The number of piperazine rings is 1. The highest BCUT2D eigenvalue weighted by atomic mass is 32.2. The van der Waals surface area contributed by atoms with Crippen molar-refractivity contribution in [3.05, 3.63) is 66.3 Å². The fraction of sp³-hybridized carbons (Fsp3) is 0.240. The van der Waals surface area contributed by atoms with Gasteiger partial charge in [-0.2, -0.15) is 0 Å². The number of nitrogens with zero attached hydrogens (tertiary/aromatic N) is 4. The molecule has 0 saturated carbocycles. The van der Waals surface area contributed by atoms with Gasteiger partial charge in [0.1, 0.15) is 18.3 Å². The van der Waals surface area contributed by atoms with Gasteiger partial charge in [-0.15, -0.1) is 11.3 Å². The largest absolute Gasteiger partial charge is 0.497 e. The van der Waals surface area contributed by atoms with Crippen molar-refractivity contribution >= 4 is 54.9 Å². The number of nitrogens with one attached hydrogen (secondary N) is 1. The van der Waals surface area contributed by atoms with Gasteiger partial charge in [0.15, 0.2) is 5.13 Å². The second kappa shape index (κ2) is 9.87. The molecule has 0 aliphatic carbocycles. The number of hydrogen-bond acceptors (Lipinski definition) is 7. The van der Waals surface area contributed by atoms with Gasteiger partial charge in [-0.25, -0.2) is 13.4 Å². The first-order valence-corrected chi connectivity index (χ1v) is 13.9. The van der Waals surface area contributed by atoms with E-state index < -0.39 is 16.1 Å². The second-order valence-electron chi connectivity index (χ2n) is 8.57. The van der Waals surface area contributed by atoms with Crippen LogP contribution in [0.4, 0.5) is 10.8 Å². The molecule has 4 aromatic rings. The van der Waals surface area contributed by atoms with E-state index in [1.54, 1.807) is 34.4 Å². The highest BCUT2D eigenvalue weighted by molar-refractivity contribution is 7.93. The van der Waals surface area contributed by atoms with Gasteiger partial charge in [0.25, 0.3) is 10.0 Å².